The Hall–Kier alpha value is -3.05. The molecule has 0 radical (unpaired) electrons. The Morgan fingerprint density at radius 3 is 2.31 bits per heavy atom. The Balaban J connectivity index is 1.75. The van der Waals surface area contributed by atoms with Gasteiger partial charge in [0.1, 0.15) is 0 Å². The van der Waals surface area contributed by atoms with Gasteiger partial charge in [0, 0.05) is 23.6 Å². The van der Waals surface area contributed by atoms with Gasteiger partial charge in [0.2, 0.25) is 5.82 Å². The molecule has 0 aliphatic heterocycles. The number of aromatic nitrogens is 2. The normalized spacial score (nSPS) is 10.7. The highest BCUT2D eigenvalue weighted by molar-refractivity contribution is 9.10. The fourth-order valence-corrected chi connectivity index (χ4v) is 3.10. The van der Waals surface area contributed by atoms with Gasteiger partial charge in [-0.05, 0) is 38.3 Å². The van der Waals surface area contributed by atoms with Crippen molar-refractivity contribution in [1.29, 1.82) is 0 Å². The minimum Gasteiger partial charge on any atom is -0.319 e. The van der Waals surface area contributed by atoms with Crippen LogP contribution < -0.4 is 5.32 Å². The average molecular weight is 404 g/mol. The molecule has 3 aromatic carbocycles. The summed E-state index contributed by atoms with van der Waals surface area (Å²) in [5, 5.41) is 5.22. The van der Waals surface area contributed by atoms with Crippen molar-refractivity contribution in [1.82, 2.24) is 9.97 Å². The van der Waals surface area contributed by atoms with Crippen LogP contribution in [0.1, 0.15) is 10.6 Å². The zero-order valence-electron chi connectivity index (χ0n) is 13.7. The van der Waals surface area contributed by atoms with E-state index >= 15 is 0 Å². The van der Waals surface area contributed by atoms with Crippen LogP contribution in [0.5, 0.6) is 0 Å². The standard InChI is InChI=1S/C21H14BrN3O/c22-15-12-23-20(24-13-15)21(26)25-19-11-4-3-9-18(19)17-10-5-7-14-6-1-2-8-16(14)17/h1-13H,(H,25,26). The number of carbonyl (C=O) groups is 1. The van der Waals surface area contributed by atoms with Crippen molar-refractivity contribution in [2.75, 3.05) is 5.32 Å². The van der Waals surface area contributed by atoms with Crippen LogP contribution in [0.2, 0.25) is 0 Å². The number of para-hydroxylation sites is 1. The van der Waals surface area contributed by atoms with Crippen LogP contribution in [0, 0.1) is 0 Å². The molecule has 0 saturated heterocycles. The quantitative estimate of drug-likeness (QED) is 0.504. The first-order chi connectivity index (χ1) is 12.7. The van der Waals surface area contributed by atoms with Gasteiger partial charge in [-0.1, -0.05) is 60.7 Å². The first-order valence-corrected chi connectivity index (χ1v) is 8.88. The Morgan fingerprint density at radius 1 is 0.808 bits per heavy atom. The molecule has 126 valence electrons. The molecule has 0 spiro atoms. The predicted octanol–water partition coefficient (Wildman–Crippen LogP) is 5.31. The summed E-state index contributed by atoms with van der Waals surface area (Å²) in [7, 11) is 0. The number of fused-ring (bicyclic) bond motifs is 1. The summed E-state index contributed by atoms with van der Waals surface area (Å²) in [4.78, 5) is 20.6. The second kappa shape index (κ2) is 7.06. The molecule has 1 aromatic heterocycles. The fourth-order valence-electron chi connectivity index (χ4n) is 2.90. The van der Waals surface area contributed by atoms with E-state index in [0.717, 1.165) is 32.1 Å². The summed E-state index contributed by atoms with van der Waals surface area (Å²) in [5.74, 6) is -0.217. The molecule has 0 saturated carbocycles. The van der Waals surface area contributed by atoms with E-state index in [-0.39, 0.29) is 11.7 Å². The molecule has 26 heavy (non-hydrogen) atoms. The van der Waals surface area contributed by atoms with Crippen LogP contribution in [0.25, 0.3) is 21.9 Å². The predicted molar refractivity (Wildman–Crippen MR) is 107 cm³/mol. The Labute approximate surface area is 159 Å². The van der Waals surface area contributed by atoms with Gasteiger partial charge in [-0.15, -0.1) is 0 Å². The van der Waals surface area contributed by atoms with Gasteiger partial charge in [0.15, 0.2) is 0 Å². The summed E-state index contributed by atoms with van der Waals surface area (Å²) < 4.78 is 0.727. The van der Waals surface area contributed by atoms with Gasteiger partial charge in [-0.3, -0.25) is 4.79 Å². The molecule has 1 heterocycles. The zero-order valence-corrected chi connectivity index (χ0v) is 15.3. The van der Waals surface area contributed by atoms with Gasteiger partial charge >= 0.3 is 0 Å². The molecule has 0 unspecified atom stereocenters. The summed E-state index contributed by atoms with van der Waals surface area (Å²) >= 11 is 3.27. The molecule has 0 atom stereocenters. The lowest BCUT2D eigenvalue weighted by Crippen LogP contribution is -2.15. The molecule has 5 heteroatoms. The first kappa shape index (κ1) is 16.4. The number of benzene rings is 3. The number of hydrogen-bond donors (Lipinski definition) is 1. The highest BCUT2D eigenvalue weighted by Gasteiger charge is 2.13. The minimum atomic E-state index is -0.342. The number of hydrogen-bond acceptors (Lipinski definition) is 3. The van der Waals surface area contributed by atoms with E-state index in [1.807, 2.05) is 42.5 Å². The Kier molecular flexibility index (Phi) is 4.46. The van der Waals surface area contributed by atoms with Crippen LogP contribution in [0.15, 0.2) is 83.6 Å². The number of rotatable bonds is 3. The number of nitrogens with zero attached hydrogens (tertiary/aromatic N) is 2. The van der Waals surface area contributed by atoms with E-state index in [2.05, 4.69) is 55.5 Å². The number of carbonyl (C=O) groups excluding carboxylic acids is 1. The third-order valence-electron chi connectivity index (χ3n) is 4.08. The summed E-state index contributed by atoms with van der Waals surface area (Å²) in [6.07, 6.45) is 3.11. The maximum absolute atomic E-state index is 12.5. The van der Waals surface area contributed by atoms with E-state index in [4.69, 9.17) is 0 Å². The zero-order chi connectivity index (χ0) is 17.9. The summed E-state index contributed by atoms with van der Waals surface area (Å²) in [5.41, 5.74) is 2.74. The van der Waals surface area contributed by atoms with Crippen LogP contribution in [0.3, 0.4) is 0 Å². The van der Waals surface area contributed by atoms with Crippen molar-refractivity contribution in [3.8, 4) is 11.1 Å². The third-order valence-corrected chi connectivity index (χ3v) is 4.49. The second-order valence-corrected chi connectivity index (χ2v) is 6.67. The molecule has 0 bridgehead atoms. The maximum Gasteiger partial charge on any atom is 0.293 e. The van der Waals surface area contributed by atoms with E-state index in [9.17, 15) is 4.79 Å². The van der Waals surface area contributed by atoms with E-state index in [1.54, 1.807) is 12.4 Å². The van der Waals surface area contributed by atoms with Gasteiger partial charge in [0.25, 0.3) is 5.91 Å². The number of halogens is 1. The molecular weight excluding hydrogens is 390 g/mol. The third kappa shape index (κ3) is 3.21. The lowest BCUT2D eigenvalue weighted by atomic mass is 9.97. The topological polar surface area (TPSA) is 54.9 Å². The first-order valence-electron chi connectivity index (χ1n) is 8.08. The van der Waals surface area contributed by atoms with Gasteiger partial charge in [-0.2, -0.15) is 0 Å². The van der Waals surface area contributed by atoms with E-state index < -0.39 is 0 Å². The highest BCUT2D eigenvalue weighted by atomic mass is 79.9. The smallest absolute Gasteiger partial charge is 0.293 e. The molecule has 1 N–H and O–H groups in total. The van der Waals surface area contributed by atoms with Crippen molar-refractivity contribution in [2.45, 2.75) is 0 Å². The molecule has 4 aromatic rings. The van der Waals surface area contributed by atoms with Crippen LogP contribution >= 0.6 is 15.9 Å². The van der Waals surface area contributed by atoms with Crippen LogP contribution in [-0.4, -0.2) is 15.9 Å². The maximum atomic E-state index is 12.5. The summed E-state index contributed by atoms with van der Waals surface area (Å²) in [6, 6.07) is 22.1. The van der Waals surface area contributed by atoms with Crippen LogP contribution in [-0.2, 0) is 0 Å². The van der Waals surface area contributed by atoms with Crippen LogP contribution in [0.4, 0.5) is 5.69 Å². The highest BCUT2D eigenvalue weighted by Crippen LogP contribution is 2.33. The van der Waals surface area contributed by atoms with E-state index in [0.29, 0.717) is 0 Å². The number of amides is 1. The van der Waals surface area contributed by atoms with E-state index in [1.165, 1.54) is 0 Å². The van der Waals surface area contributed by atoms with Gasteiger partial charge in [0.05, 0.1) is 4.47 Å². The van der Waals surface area contributed by atoms with Crippen molar-refractivity contribution < 1.29 is 4.79 Å². The SMILES string of the molecule is O=C(Nc1ccccc1-c1cccc2ccccc12)c1ncc(Br)cn1. The average Bonchev–Trinajstić information content (AvgIpc) is 2.68. The van der Waals surface area contributed by atoms with Gasteiger partial charge < -0.3 is 5.32 Å². The molecule has 1 amide bonds. The summed E-state index contributed by atoms with van der Waals surface area (Å²) in [6.45, 7) is 0. The number of anilines is 1. The lowest BCUT2D eigenvalue weighted by molar-refractivity contribution is 0.101. The number of nitrogens with one attached hydrogen (secondary N) is 1. The molecule has 0 aliphatic carbocycles. The minimum absolute atomic E-state index is 0.126. The van der Waals surface area contributed by atoms with Gasteiger partial charge in [-0.25, -0.2) is 9.97 Å². The Bertz CT molecular complexity index is 1090. The fraction of sp³-hybridized carbons (Fsp3) is 0. The lowest BCUT2D eigenvalue weighted by Gasteiger charge is -2.13. The van der Waals surface area contributed by atoms with Crippen molar-refractivity contribution in [2.24, 2.45) is 0 Å². The second-order valence-electron chi connectivity index (χ2n) is 5.75. The molecule has 0 fully saturated rings. The Morgan fingerprint density at radius 2 is 1.46 bits per heavy atom. The molecule has 4 nitrogen and oxygen atoms in total. The van der Waals surface area contributed by atoms with Crippen molar-refractivity contribution in [3.63, 3.8) is 0 Å². The molecular formula is C21H14BrN3O. The van der Waals surface area contributed by atoms with Crippen molar-refractivity contribution >= 4 is 38.3 Å². The van der Waals surface area contributed by atoms with Crippen molar-refractivity contribution in [3.05, 3.63) is 89.4 Å². The largest absolute Gasteiger partial charge is 0.319 e. The monoisotopic (exact) mass is 403 g/mol. The molecule has 0 aliphatic rings. The molecule has 4 rings (SSSR count).